The Bertz CT molecular complexity index is 515. The number of ether oxygens (including phenoxy) is 1. The van der Waals surface area contributed by atoms with Crippen LogP contribution in [0.15, 0.2) is 0 Å². The van der Waals surface area contributed by atoms with Crippen LogP contribution in [-0.2, 0) is 9.53 Å². The number of piperidine rings is 1. The second-order valence-electron chi connectivity index (χ2n) is 8.75. The number of hydrogen-bond acceptors (Lipinski definition) is 5. The van der Waals surface area contributed by atoms with E-state index >= 15 is 0 Å². The van der Waals surface area contributed by atoms with Crippen LogP contribution < -0.4 is 0 Å². The van der Waals surface area contributed by atoms with Gasteiger partial charge in [0.1, 0.15) is 5.54 Å². The molecule has 156 valence electrons. The van der Waals surface area contributed by atoms with Crippen molar-refractivity contribution in [1.29, 1.82) is 0 Å². The number of hydrogen-bond donors (Lipinski definition) is 0. The molecule has 1 spiro atoms. The normalized spacial score (nSPS) is 21.9. The van der Waals surface area contributed by atoms with Crippen molar-refractivity contribution in [3.8, 4) is 0 Å². The summed E-state index contributed by atoms with van der Waals surface area (Å²) in [5.74, 6) is 0.514. The van der Waals surface area contributed by atoms with E-state index in [0.29, 0.717) is 51.0 Å². The van der Waals surface area contributed by atoms with Crippen LogP contribution in [0.1, 0.15) is 40.0 Å². The lowest BCUT2D eigenvalue weighted by Crippen LogP contribution is -2.58. The Morgan fingerprint density at radius 2 is 1.74 bits per heavy atom. The number of likely N-dealkylation sites (tertiary alicyclic amines) is 1. The molecule has 3 amide bonds. The van der Waals surface area contributed by atoms with Crippen LogP contribution >= 0.6 is 0 Å². The molecule has 0 aromatic rings. The lowest BCUT2D eigenvalue weighted by atomic mass is 9.85. The van der Waals surface area contributed by atoms with E-state index in [1.165, 1.54) is 4.90 Å². The molecule has 7 nitrogen and oxygen atoms in total. The third kappa shape index (κ3) is 4.81. The second kappa shape index (κ2) is 9.34. The van der Waals surface area contributed by atoms with Gasteiger partial charge in [0.2, 0.25) is 0 Å². The quantitative estimate of drug-likeness (QED) is 0.569. The molecule has 0 aliphatic carbocycles. The largest absolute Gasteiger partial charge is 0.383 e. The summed E-state index contributed by atoms with van der Waals surface area (Å²) in [6, 6.07) is 0.231. The Morgan fingerprint density at radius 3 is 2.26 bits per heavy atom. The molecule has 2 heterocycles. The maximum atomic E-state index is 13.4. The summed E-state index contributed by atoms with van der Waals surface area (Å²) in [7, 11) is 5.65. The predicted molar refractivity (Wildman–Crippen MR) is 107 cm³/mol. The summed E-state index contributed by atoms with van der Waals surface area (Å²) in [6.07, 6.45) is 2.34. The van der Waals surface area contributed by atoms with E-state index in [0.717, 1.165) is 19.5 Å². The molecule has 0 unspecified atom stereocenters. The van der Waals surface area contributed by atoms with Gasteiger partial charge in [-0.3, -0.25) is 14.6 Å². The Hall–Kier alpha value is -1.18. The van der Waals surface area contributed by atoms with Gasteiger partial charge in [-0.25, -0.2) is 4.79 Å². The first-order chi connectivity index (χ1) is 12.7. The number of imide groups is 1. The number of likely N-dealkylation sites (N-methyl/N-ethyl adjacent to an activating group) is 1. The monoisotopic (exact) mass is 382 g/mol. The molecule has 0 aromatic heterocycles. The molecule has 2 rings (SSSR count). The Labute approximate surface area is 164 Å². The number of nitrogens with zero attached hydrogens (tertiary/aromatic N) is 4. The van der Waals surface area contributed by atoms with Gasteiger partial charge in [0.05, 0.1) is 6.61 Å². The van der Waals surface area contributed by atoms with Crippen LogP contribution in [-0.4, -0.2) is 104 Å². The Balaban J connectivity index is 2.17. The molecule has 0 aromatic carbocycles. The van der Waals surface area contributed by atoms with Crippen molar-refractivity contribution in [3.05, 3.63) is 0 Å². The van der Waals surface area contributed by atoms with Gasteiger partial charge in [-0.15, -0.1) is 0 Å². The van der Waals surface area contributed by atoms with E-state index in [4.69, 9.17) is 4.74 Å². The highest BCUT2D eigenvalue weighted by atomic mass is 16.5. The zero-order chi connectivity index (χ0) is 20.2. The fourth-order valence-electron chi connectivity index (χ4n) is 4.14. The summed E-state index contributed by atoms with van der Waals surface area (Å²) in [5.41, 5.74) is -0.651. The molecule has 2 aliphatic rings. The topological polar surface area (TPSA) is 56.3 Å². The van der Waals surface area contributed by atoms with Crippen molar-refractivity contribution in [3.63, 3.8) is 0 Å². The van der Waals surface area contributed by atoms with Gasteiger partial charge in [0.25, 0.3) is 5.91 Å². The highest BCUT2D eigenvalue weighted by molar-refractivity contribution is 6.07. The highest BCUT2D eigenvalue weighted by Gasteiger charge is 2.57. The SMILES string of the molecule is COC[C@@H](C)N1CCC2(CC1)C(=O)N(CCN(C)C)C(=O)N2CCC(C)C. The third-order valence-electron chi connectivity index (χ3n) is 5.98. The van der Waals surface area contributed by atoms with Crippen LogP contribution in [0.3, 0.4) is 0 Å². The van der Waals surface area contributed by atoms with Crippen LogP contribution in [0.4, 0.5) is 4.79 Å². The van der Waals surface area contributed by atoms with Crippen LogP contribution in [0.5, 0.6) is 0 Å². The number of methoxy groups -OCH3 is 1. The van der Waals surface area contributed by atoms with E-state index in [1.54, 1.807) is 7.11 Å². The molecule has 0 saturated carbocycles. The molecule has 1 atom stereocenters. The average Bonchev–Trinajstić information content (AvgIpc) is 2.79. The minimum Gasteiger partial charge on any atom is -0.383 e. The van der Waals surface area contributed by atoms with Crippen LogP contribution in [0.2, 0.25) is 0 Å². The molecule has 27 heavy (non-hydrogen) atoms. The first-order valence-electron chi connectivity index (χ1n) is 10.2. The average molecular weight is 383 g/mol. The number of carbonyl (C=O) groups excluding carboxylic acids is 2. The lowest BCUT2D eigenvalue weighted by Gasteiger charge is -2.44. The first kappa shape index (κ1) is 22.1. The lowest BCUT2D eigenvalue weighted by molar-refractivity contribution is -0.136. The number of carbonyl (C=O) groups is 2. The Morgan fingerprint density at radius 1 is 1.11 bits per heavy atom. The van der Waals surface area contributed by atoms with E-state index in [-0.39, 0.29) is 11.9 Å². The van der Waals surface area contributed by atoms with Gasteiger partial charge in [-0.1, -0.05) is 13.8 Å². The minimum absolute atomic E-state index is 0.0113. The van der Waals surface area contributed by atoms with Gasteiger partial charge in [-0.05, 0) is 46.2 Å². The van der Waals surface area contributed by atoms with Crippen molar-refractivity contribution < 1.29 is 14.3 Å². The molecular weight excluding hydrogens is 344 g/mol. The van der Waals surface area contributed by atoms with Gasteiger partial charge in [0, 0.05) is 45.9 Å². The van der Waals surface area contributed by atoms with Crippen LogP contribution in [0.25, 0.3) is 0 Å². The van der Waals surface area contributed by atoms with Gasteiger partial charge >= 0.3 is 6.03 Å². The zero-order valence-corrected chi connectivity index (χ0v) is 18.0. The van der Waals surface area contributed by atoms with Crippen molar-refractivity contribution in [2.75, 3.05) is 60.5 Å². The predicted octanol–water partition coefficient (Wildman–Crippen LogP) is 1.73. The zero-order valence-electron chi connectivity index (χ0n) is 18.0. The molecule has 2 saturated heterocycles. The van der Waals surface area contributed by atoms with Crippen molar-refractivity contribution in [2.24, 2.45) is 5.92 Å². The summed E-state index contributed by atoms with van der Waals surface area (Å²) < 4.78 is 5.28. The van der Waals surface area contributed by atoms with Crippen molar-refractivity contribution >= 4 is 11.9 Å². The van der Waals surface area contributed by atoms with Gasteiger partial charge in [0.15, 0.2) is 0 Å². The summed E-state index contributed by atoms with van der Waals surface area (Å²) in [5, 5.41) is 0. The standard InChI is InChI=1S/C20H38N4O3/c1-16(2)7-10-24-19(26)23(14-13-21(4)5)18(25)20(24)8-11-22(12-9-20)17(3)15-27-6/h16-17H,7-15H2,1-6H3/t17-/m1/s1. The molecule has 0 bridgehead atoms. The summed E-state index contributed by atoms with van der Waals surface area (Å²) in [4.78, 5) is 34.2. The minimum atomic E-state index is -0.651. The molecular formula is C20H38N4O3. The van der Waals surface area contributed by atoms with E-state index in [2.05, 4.69) is 25.7 Å². The van der Waals surface area contributed by atoms with E-state index < -0.39 is 5.54 Å². The number of amides is 3. The smallest absolute Gasteiger partial charge is 0.327 e. The molecule has 2 fully saturated rings. The number of urea groups is 1. The van der Waals surface area contributed by atoms with Crippen LogP contribution in [0, 0.1) is 5.92 Å². The maximum absolute atomic E-state index is 13.4. The van der Waals surface area contributed by atoms with Crippen molar-refractivity contribution in [2.45, 2.75) is 51.6 Å². The highest BCUT2D eigenvalue weighted by Crippen LogP contribution is 2.38. The summed E-state index contributed by atoms with van der Waals surface area (Å²) in [6.45, 7) is 10.6. The van der Waals surface area contributed by atoms with Crippen molar-refractivity contribution in [1.82, 2.24) is 19.6 Å². The fraction of sp³-hybridized carbons (Fsp3) is 0.900. The maximum Gasteiger partial charge on any atom is 0.327 e. The molecule has 2 aliphatic heterocycles. The Kier molecular flexibility index (Phi) is 7.65. The molecule has 0 radical (unpaired) electrons. The second-order valence-corrected chi connectivity index (χ2v) is 8.75. The molecule has 0 N–H and O–H groups in total. The van der Waals surface area contributed by atoms with E-state index in [1.807, 2.05) is 23.9 Å². The molecule has 7 heteroatoms. The van der Waals surface area contributed by atoms with Gasteiger partial charge < -0.3 is 14.5 Å². The number of rotatable bonds is 9. The summed E-state index contributed by atoms with van der Waals surface area (Å²) >= 11 is 0. The fourth-order valence-corrected chi connectivity index (χ4v) is 4.14. The third-order valence-corrected chi connectivity index (χ3v) is 5.98. The van der Waals surface area contributed by atoms with E-state index in [9.17, 15) is 9.59 Å². The van der Waals surface area contributed by atoms with Gasteiger partial charge in [-0.2, -0.15) is 0 Å². The first-order valence-corrected chi connectivity index (χ1v) is 10.2.